The molecule has 0 aromatic rings. The fourth-order valence-corrected chi connectivity index (χ4v) is 4.22. The van der Waals surface area contributed by atoms with Gasteiger partial charge in [-0.05, 0) is 57.8 Å². The summed E-state index contributed by atoms with van der Waals surface area (Å²) in [7, 11) is 0. The average molecular weight is 383 g/mol. The molecule has 2 aliphatic rings. The van der Waals surface area contributed by atoms with E-state index in [-0.39, 0.29) is 12.1 Å². The van der Waals surface area contributed by atoms with E-state index in [0.29, 0.717) is 18.6 Å². The normalized spacial score (nSPS) is 22.6. The molecular weight excluding hydrogens is 340 g/mol. The van der Waals surface area contributed by atoms with E-state index < -0.39 is 0 Å². The van der Waals surface area contributed by atoms with Crippen molar-refractivity contribution in [1.29, 1.82) is 0 Å². The third kappa shape index (κ3) is 10.5. The Morgan fingerprint density at radius 2 is 1.44 bits per heavy atom. The average Bonchev–Trinajstić information content (AvgIpc) is 3.37. The van der Waals surface area contributed by atoms with E-state index in [9.17, 15) is 4.79 Å². The summed E-state index contributed by atoms with van der Waals surface area (Å²) in [4.78, 5) is 12.3. The third-order valence-electron chi connectivity index (χ3n) is 5.95. The third-order valence-corrected chi connectivity index (χ3v) is 5.95. The molecule has 2 aliphatic heterocycles. The van der Waals surface area contributed by atoms with Gasteiger partial charge >= 0.3 is 5.97 Å². The molecule has 0 amide bonds. The van der Waals surface area contributed by atoms with Crippen LogP contribution in [0, 0.1) is 0 Å². The molecule has 0 saturated carbocycles. The molecule has 2 atom stereocenters. The van der Waals surface area contributed by atoms with Crippen LogP contribution in [0.25, 0.3) is 0 Å². The van der Waals surface area contributed by atoms with Crippen LogP contribution in [0.4, 0.5) is 0 Å². The predicted molar refractivity (Wildman–Crippen MR) is 109 cm³/mol. The standard InChI is InChI=1S/C23H42O4/c1-2-3-4-5-6-7-8-13-23(24)27-22(16-14-20-11-9-18-25-20)17-15-21-12-10-19-26-21/h20-22H,2-19H2,1H3/t20-,21-/m1/s1. The Kier molecular flexibility index (Phi) is 12.1. The monoisotopic (exact) mass is 382 g/mol. The van der Waals surface area contributed by atoms with E-state index in [4.69, 9.17) is 14.2 Å². The van der Waals surface area contributed by atoms with Crippen LogP contribution in [-0.4, -0.2) is 37.5 Å². The predicted octanol–water partition coefficient (Wildman–Crippen LogP) is 5.96. The largest absolute Gasteiger partial charge is 0.462 e. The van der Waals surface area contributed by atoms with Gasteiger partial charge in [-0.25, -0.2) is 0 Å². The molecule has 4 heteroatoms. The Morgan fingerprint density at radius 3 is 1.96 bits per heavy atom. The second kappa shape index (κ2) is 14.4. The first-order valence-electron chi connectivity index (χ1n) is 11.7. The Bertz CT molecular complexity index is 353. The van der Waals surface area contributed by atoms with E-state index in [2.05, 4.69) is 6.92 Å². The summed E-state index contributed by atoms with van der Waals surface area (Å²) in [6.45, 7) is 4.02. The summed E-state index contributed by atoms with van der Waals surface area (Å²) in [5.41, 5.74) is 0. The summed E-state index contributed by atoms with van der Waals surface area (Å²) in [5, 5.41) is 0. The highest BCUT2D eigenvalue weighted by atomic mass is 16.5. The number of hydrogen-bond donors (Lipinski definition) is 0. The fourth-order valence-electron chi connectivity index (χ4n) is 4.22. The lowest BCUT2D eigenvalue weighted by Gasteiger charge is -2.21. The van der Waals surface area contributed by atoms with Crippen molar-refractivity contribution < 1.29 is 19.0 Å². The first-order chi connectivity index (χ1) is 13.3. The van der Waals surface area contributed by atoms with Gasteiger partial charge in [0.1, 0.15) is 6.10 Å². The fraction of sp³-hybridized carbons (Fsp3) is 0.957. The first-order valence-corrected chi connectivity index (χ1v) is 11.7. The van der Waals surface area contributed by atoms with E-state index in [1.165, 1.54) is 44.9 Å². The van der Waals surface area contributed by atoms with Gasteiger partial charge in [0, 0.05) is 19.6 Å². The van der Waals surface area contributed by atoms with Crippen LogP contribution in [0.3, 0.4) is 0 Å². The molecular formula is C23H42O4. The summed E-state index contributed by atoms with van der Waals surface area (Å²) in [5.74, 6) is -0.00626. The quantitative estimate of drug-likeness (QED) is 0.259. The molecule has 0 bridgehead atoms. The van der Waals surface area contributed by atoms with Crippen molar-refractivity contribution in [3.05, 3.63) is 0 Å². The minimum Gasteiger partial charge on any atom is -0.462 e. The van der Waals surface area contributed by atoms with Crippen molar-refractivity contribution >= 4 is 5.97 Å². The number of unbranched alkanes of at least 4 members (excludes halogenated alkanes) is 6. The van der Waals surface area contributed by atoms with Crippen molar-refractivity contribution in [3.63, 3.8) is 0 Å². The molecule has 0 aromatic carbocycles. The van der Waals surface area contributed by atoms with Crippen LogP contribution in [-0.2, 0) is 19.0 Å². The second-order valence-electron chi connectivity index (χ2n) is 8.41. The maximum absolute atomic E-state index is 12.3. The molecule has 2 heterocycles. The van der Waals surface area contributed by atoms with Gasteiger partial charge in [0.25, 0.3) is 0 Å². The van der Waals surface area contributed by atoms with Crippen LogP contribution in [0.1, 0.15) is 110 Å². The number of rotatable bonds is 15. The zero-order chi connectivity index (χ0) is 19.2. The highest BCUT2D eigenvalue weighted by molar-refractivity contribution is 5.69. The summed E-state index contributed by atoms with van der Waals surface area (Å²) >= 11 is 0. The van der Waals surface area contributed by atoms with Gasteiger partial charge in [0.05, 0.1) is 12.2 Å². The number of hydrogen-bond acceptors (Lipinski definition) is 4. The first kappa shape index (κ1) is 22.7. The molecule has 2 saturated heterocycles. The highest BCUT2D eigenvalue weighted by Crippen LogP contribution is 2.24. The molecule has 0 N–H and O–H groups in total. The number of esters is 1. The smallest absolute Gasteiger partial charge is 0.306 e. The Labute approximate surface area is 166 Å². The van der Waals surface area contributed by atoms with Crippen LogP contribution in [0.15, 0.2) is 0 Å². The maximum atomic E-state index is 12.3. The van der Waals surface area contributed by atoms with Crippen LogP contribution in [0.5, 0.6) is 0 Å². The summed E-state index contributed by atoms with van der Waals surface area (Å²) < 4.78 is 17.3. The van der Waals surface area contributed by atoms with Crippen molar-refractivity contribution in [1.82, 2.24) is 0 Å². The Hall–Kier alpha value is -0.610. The molecule has 0 aromatic heterocycles. The zero-order valence-electron chi connectivity index (χ0n) is 17.6. The highest BCUT2D eigenvalue weighted by Gasteiger charge is 2.23. The minimum atomic E-state index is -0.00626. The van der Waals surface area contributed by atoms with Gasteiger partial charge < -0.3 is 14.2 Å². The lowest BCUT2D eigenvalue weighted by atomic mass is 10.0. The van der Waals surface area contributed by atoms with Gasteiger partial charge in [0.15, 0.2) is 0 Å². The molecule has 2 fully saturated rings. The summed E-state index contributed by atoms with van der Waals surface area (Å²) in [6, 6.07) is 0. The molecule has 27 heavy (non-hydrogen) atoms. The lowest BCUT2D eigenvalue weighted by molar-refractivity contribution is -0.150. The molecule has 0 spiro atoms. The van der Waals surface area contributed by atoms with Gasteiger partial charge in [0.2, 0.25) is 0 Å². The maximum Gasteiger partial charge on any atom is 0.306 e. The van der Waals surface area contributed by atoms with Gasteiger partial charge in [-0.2, -0.15) is 0 Å². The molecule has 2 rings (SSSR count). The molecule has 0 radical (unpaired) electrons. The molecule has 0 aliphatic carbocycles. The van der Waals surface area contributed by atoms with Crippen LogP contribution in [0.2, 0.25) is 0 Å². The van der Waals surface area contributed by atoms with Crippen LogP contribution >= 0.6 is 0 Å². The Morgan fingerprint density at radius 1 is 0.889 bits per heavy atom. The number of ether oxygens (including phenoxy) is 3. The van der Waals surface area contributed by atoms with Crippen LogP contribution < -0.4 is 0 Å². The van der Waals surface area contributed by atoms with Crippen molar-refractivity contribution in [2.75, 3.05) is 13.2 Å². The van der Waals surface area contributed by atoms with E-state index in [1.807, 2.05) is 0 Å². The number of carbonyl (C=O) groups is 1. The lowest BCUT2D eigenvalue weighted by Crippen LogP contribution is -2.22. The topological polar surface area (TPSA) is 44.8 Å². The SMILES string of the molecule is CCCCCCCCCC(=O)OC(CC[C@H]1CCCO1)CC[C@H]1CCCO1. The van der Waals surface area contributed by atoms with Crippen molar-refractivity contribution in [2.45, 2.75) is 128 Å². The van der Waals surface area contributed by atoms with Gasteiger partial charge in [-0.1, -0.05) is 45.4 Å². The number of carbonyl (C=O) groups excluding carboxylic acids is 1. The van der Waals surface area contributed by atoms with Crippen molar-refractivity contribution in [2.24, 2.45) is 0 Å². The van der Waals surface area contributed by atoms with E-state index >= 15 is 0 Å². The second-order valence-corrected chi connectivity index (χ2v) is 8.41. The van der Waals surface area contributed by atoms with Crippen molar-refractivity contribution in [3.8, 4) is 0 Å². The van der Waals surface area contributed by atoms with Gasteiger partial charge in [-0.3, -0.25) is 4.79 Å². The van der Waals surface area contributed by atoms with E-state index in [0.717, 1.165) is 64.6 Å². The van der Waals surface area contributed by atoms with Gasteiger partial charge in [-0.15, -0.1) is 0 Å². The minimum absolute atomic E-state index is 0.00626. The Balaban J connectivity index is 1.61. The zero-order valence-corrected chi connectivity index (χ0v) is 17.6. The molecule has 0 unspecified atom stereocenters. The van der Waals surface area contributed by atoms with E-state index in [1.54, 1.807) is 0 Å². The molecule has 158 valence electrons. The molecule has 4 nitrogen and oxygen atoms in total. The summed E-state index contributed by atoms with van der Waals surface area (Å²) in [6.07, 6.45) is 18.5.